The number of nitrogens with one attached hydrogen (secondary N) is 2. The molecule has 1 saturated heterocycles. The minimum Gasteiger partial charge on any atom is -0.466 e. The predicted octanol–water partition coefficient (Wildman–Crippen LogP) is 2.03. The Kier molecular flexibility index (Phi) is 8.07. The first kappa shape index (κ1) is 21.2. The third kappa shape index (κ3) is 5.44. The molecule has 0 unspecified atom stereocenters. The van der Waals surface area contributed by atoms with Crippen LogP contribution in [0, 0.1) is 5.92 Å². The zero-order chi connectivity index (χ0) is 18.4. The summed E-state index contributed by atoms with van der Waals surface area (Å²) in [7, 11) is 1.74. The molecule has 3 rings (SSSR count). The van der Waals surface area contributed by atoms with Crippen LogP contribution in [0.15, 0.2) is 27.8 Å². The molecule has 2 N–H and O–H groups in total. The largest absolute Gasteiger partial charge is 0.466 e. The van der Waals surface area contributed by atoms with Gasteiger partial charge in [-0.3, -0.25) is 14.9 Å². The maximum Gasteiger partial charge on any atom is 0.309 e. The molecule has 1 fully saturated rings. The Morgan fingerprint density at radius 3 is 2.89 bits per heavy atom. The molecule has 2 aromatic rings. The highest BCUT2D eigenvalue weighted by molar-refractivity contribution is 14.0. The molecule has 1 aliphatic heterocycles. The smallest absolute Gasteiger partial charge is 0.309 e. The van der Waals surface area contributed by atoms with Crippen LogP contribution >= 0.6 is 24.0 Å². The van der Waals surface area contributed by atoms with Gasteiger partial charge in [-0.05, 0) is 31.9 Å². The average molecular weight is 488 g/mol. The molecule has 0 saturated carbocycles. The van der Waals surface area contributed by atoms with Gasteiger partial charge in [0.1, 0.15) is 5.82 Å². The number of carbonyl (C=O) groups is 1. The van der Waals surface area contributed by atoms with Crippen molar-refractivity contribution in [3.63, 3.8) is 0 Å². The number of ether oxygens (including phenoxy) is 1. The summed E-state index contributed by atoms with van der Waals surface area (Å²) in [5.74, 6) is 2.51. The lowest BCUT2D eigenvalue weighted by Gasteiger charge is -2.33. The number of guanidine groups is 1. The highest BCUT2D eigenvalue weighted by atomic mass is 127. The van der Waals surface area contributed by atoms with E-state index in [0.29, 0.717) is 30.6 Å². The SMILES string of the molecule is CCOC(=O)C1CCN(C(=NC)NCc2nc(-c3ccco3)n[nH]2)CC1.I. The summed E-state index contributed by atoms with van der Waals surface area (Å²) in [5.41, 5.74) is 0. The van der Waals surface area contributed by atoms with Gasteiger partial charge in [-0.2, -0.15) is 0 Å². The fourth-order valence-electron chi connectivity index (χ4n) is 2.97. The van der Waals surface area contributed by atoms with E-state index in [2.05, 4.69) is 30.4 Å². The average Bonchev–Trinajstić information content (AvgIpc) is 3.34. The van der Waals surface area contributed by atoms with E-state index in [4.69, 9.17) is 9.15 Å². The van der Waals surface area contributed by atoms with Crippen molar-refractivity contribution in [3.8, 4) is 11.6 Å². The highest BCUT2D eigenvalue weighted by Gasteiger charge is 2.27. The first-order valence-electron chi connectivity index (χ1n) is 8.78. The van der Waals surface area contributed by atoms with Crippen LogP contribution in [0.3, 0.4) is 0 Å². The van der Waals surface area contributed by atoms with E-state index in [1.807, 2.05) is 13.0 Å². The molecule has 0 radical (unpaired) electrons. The van der Waals surface area contributed by atoms with Gasteiger partial charge < -0.3 is 19.4 Å². The Morgan fingerprint density at radius 1 is 1.48 bits per heavy atom. The van der Waals surface area contributed by atoms with Crippen molar-refractivity contribution in [2.75, 3.05) is 26.7 Å². The number of hydrogen-bond donors (Lipinski definition) is 2. The summed E-state index contributed by atoms with van der Waals surface area (Å²) in [4.78, 5) is 22.7. The number of aromatic amines is 1. The Hall–Kier alpha value is -2.11. The number of likely N-dealkylation sites (tertiary alicyclic amines) is 1. The van der Waals surface area contributed by atoms with Gasteiger partial charge in [-0.1, -0.05) is 0 Å². The van der Waals surface area contributed by atoms with Crippen LogP contribution in [0.25, 0.3) is 11.6 Å². The van der Waals surface area contributed by atoms with E-state index in [0.717, 1.165) is 31.9 Å². The number of nitrogens with zero attached hydrogens (tertiary/aromatic N) is 4. The zero-order valence-corrected chi connectivity index (χ0v) is 17.8. The fourth-order valence-corrected chi connectivity index (χ4v) is 2.97. The van der Waals surface area contributed by atoms with Crippen LogP contribution in [0.5, 0.6) is 0 Å². The lowest BCUT2D eigenvalue weighted by molar-refractivity contribution is -0.149. The van der Waals surface area contributed by atoms with Crippen molar-refractivity contribution in [1.82, 2.24) is 25.4 Å². The quantitative estimate of drug-likeness (QED) is 0.287. The lowest BCUT2D eigenvalue weighted by atomic mass is 9.97. The normalized spacial score (nSPS) is 15.3. The van der Waals surface area contributed by atoms with Crippen LogP contribution in [0.2, 0.25) is 0 Å². The van der Waals surface area contributed by atoms with Crippen molar-refractivity contribution >= 4 is 35.9 Å². The number of furan rings is 1. The first-order valence-corrected chi connectivity index (χ1v) is 8.78. The van der Waals surface area contributed by atoms with Crippen molar-refractivity contribution in [2.45, 2.75) is 26.3 Å². The number of H-pyrrole nitrogens is 1. The third-order valence-electron chi connectivity index (χ3n) is 4.31. The molecular weight excluding hydrogens is 463 g/mol. The molecule has 0 aliphatic carbocycles. The summed E-state index contributed by atoms with van der Waals surface area (Å²) in [6.45, 7) is 4.26. The van der Waals surface area contributed by atoms with Gasteiger partial charge in [0.2, 0.25) is 5.82 Å². The molecule has 27 heavy (non-hydrogen) atoms. The monoisotopic (exact) mass is 488 g/mol. The minimum atomic E-state index is -0.0952. The first-order chi connectivity index (χ1) is 12.7. The van der Waals surface area contributed by atoms with Crippen molar-refractivity contribution < 1.29 is 13.9 Å². The molecule has 1 aliphatic rings. The minimum absolute atomic E-state index is 0. The zero-order valence-electron chi connectivity index (χ0n) is 15.5. The fraction of sp³-hybridized carbons (Fsp3) is 0.529. The number of aromatic nitrogens is 3. The van der Waals surface area contributed by atoms with Gasteiger partial charge in [0.15, 0.2) is 11.7 Å². The molecule has 148 valence electrons. The number of piperidine rings is 1. The molecule has 0 bridgehead atoms. The standard InChI is InChI=1S/C17H24N6O3.HI/c1-3-25-16(24)12-6-8-23(9-7-12)17(18-2)19-11-14-20-15(22-21-14)13-5-4-10-26-13;/h4-5,10,12H,3,6-9,11H2,1-2H3,(H,18,19)(H,20,21,22);1H. The number of carbonyl (C=O) groups excluding carboxylic acids is 1. The summed E-state index contributed by atoms with van der Waals surface area (Å²) in [5, 5.41) is 10.3. The second-order valence-corrected chi connectivity index (χ2v) is 6.00. The molecule has 2 aromatic heterocycles. The maximum absolute atomic E-state index is 11.8. The van der Waals surface area contributed by atoms with Gasteiger partial charge in [-0.25, -0.2) is 4.98 Å². The van der Waals surface area contributed by atoms with Gasteiger partial charge >= 0.3 is 5.97 Å². The summed E-state index contributed by atoms with van der Waals surface area (Å²) >= 11 is 0. The van der Waals surface area contributed by atoms with Crippen molar-refractivity contribution in [3.05, 3.63) is 24.2 Å². The van der Waals surface area contributed by atoms with E-state index < -0.39 is 0 Å². The number of aliphatic imine (C=N–C) groups is 1. The van der Waals surface area contributed by atoms with Crippen LogP contribution in [-0.2, 0) is 16.1 Å². The number of rotatable bonds is 5. The predicted molar refractivity (Wildman–Crippen MR) is 111 cm³/mol. The molecule has 3 heterocycles. The Balaban J connectivity index is 0.00000261. The summed E-state index contributed by atoms with van der Waals surface area (Å²) in [6.07, 6.45) is 3.13. The van der Waals surface area contributed by atoms with Crippen LogP contribution in [-0.4, -0.2) is 58.8 Å². The van der Waals surface area contributed by atoms with Gasteiger partial charge in [-0.15, -0.1) is 29.1 Å². The second-order valence-electron chi connectivity index (χ2n) is 6.00. The van der Waals surface area contributed by atoms with Crippen molar-refractivity contribution in [1.29, 1.82) is 0 Å². The molecule has 0 aromatic carbocycles. The highest BCUT2D eigenvalue weighted by Crippen LogP contribution is 2.19. The molecule has 9 nitrogen and oxygen atoms in total. The number of esters is 1. The van der Waals surface area contributed by atoms with Gasteiger partial charge in [0.05, 0.1) is 25.3 Å². The van der Waals surface area contributed by atoms with Crippen LogP contribution in [0.4, 0.5) is 0 Å². The Morgan fingerprint density at radius 2 is 2.26 bits per heavy atom. The molecule has 0 spiro atoms. The molecule has 0 amide bonds. The Bertz CT molecular complexity index is 738. The van der Waals surface area contributed by atoms with E-state index >= 15 is 0 Å². The number of halogens is 1. The lowest BCUT2D eigenvalue weighted by Crippen LogP contribution is -2.46. The summed E-state index contributed by atoms with van der Waals surface area (Å²) < 4.78 is 10.4. The van der Waals surface area contributed by atoms with E-state index in [-0.39, 0.29) is 35.9 Å². The van der Waals surface area contributed by atoms with Crippen LogP contribution in [0.1, 0.15) is 25.6 Å². The molecule has 10 heteroatoms. The van der Waals surface area contributed by atoms with Crippen LogP contribution < -0.4 is 5.32 Å². The number of hydrogen-bond acceptors (Lipinski definition) is 6. The van der Waals surface area contributed by atoms with E-state index in [1.165, 1.54) is 0 Å². The second kappa shape index (κ2) is 10.3. The van der Waals surface area contributed by atoms with E-state index in [9.17, 15) is 4.79 Å². The summed E-state index contributed by atoms with van der Waals surface area (Å²) in [6, 6.07) is 3.61. The van der Waals surface area contributed by atoms with Gasteiger partial charge in [0.25, 0.3) is 0 Å². The molecule has 0 atom stereocenters. The maximum atomic E-state index is 11.8. The topological polar surface area (TPSA) is 109 Å². The Labute approximate surface area is 175 Å². The van der Waals surface area contributed by atoms with Gasteiger partial charge in [0, 0.05) is 20.1 Å². The molecular formula is C17H25IN6O3. The third-order valence-corrected chi connectivity index (χ3v) is 4.31. The van der Waals surface area contributed by atoms with Crippen molar-refractivity contribution in [2.24, 2.45) is 10.9 Å². The van der Waals surface area contributed by atoms with E-state index in [1.54, 1.807) is 19.4 Å².